The first kappa shape index (κ1) is 47.9. The van der Waals surface area contributed by atoms with Crippen LogP contribution in [0.15, 0.2) is 0 Å². The van der Waals surface area contributed by atoms with Crippen LogP contribution in [0, 0.1) is 5.92 Å². The molecule has 0 aromatic carbocycles. The largest absolute Gasteiger partial charge is 0.462 e. The maximum Gasteiger partial charge on any atom is 0.306 e. The molecule has 0 saturated heterocycles. The Labute approximate surface area is 306 Å². The number of esters is 2. The molecular formula is C44H86O5. The maximum atomic E-state index is 12.2. The minimum absolute atomic E-state index is 0.0571. The van der Waals surface area contributed by atoms with Crippen LogP contribution in [0.3, 0.4) is 0 Å². The van der Waals surface area contributed by atoms with Crippen LogP contribution in [0.4, 0.5) is 0 Å². The molecule has 0 amide bonds. The first-order valence-electron chi connectivity index (χ1n) is 22.0. The maximum absolute atomic E-state index is 12.2. The lowest BCUT2D eigenvalue weighted by molar-refractivity contribution is -0.161. The number of aliphatic hydroxyl groups excluding tert-OH is 1. The number of carbonyl (C=O) groups excluding carboxylic acids is 2. The second kappa shape index (κ2) is 39.7. The van der Waals surface area contributed by atoms with Crippen molar-refractivity contribution in [3.8, 4) is 0 Å². The molecule has 49 heavy (non-hydrogen) atoms. The summed E-state index contributed by atoms with van der Waals surface area (Å²) in [4.78, 5) is 24.3. The Morgan fingerprint density at radius 3 is 1.08 bits per heavy atom. The van der Waals surface area contributed by atoms with Gasteiger partial charge in [-0.3, -0.25) is 9.59 Å². The Balaban J connectivity index is 3.46. The Morgan fingerprint density at radius 1 is 0.449 bits per heavy atom. The van der Waals surface area contributed by atoms with Gasteiger partial charge in [-0.25, -0.2) is 0 Å². The predicted molar refractivity (Wildman–Crippen MR) is 210 cm³/mol. The van der Waals surface area contributed by atoms with Gasteiger partial charge in [0.05, 0.1) is 6.61 Å². The van der Waals surface area contributed by atoms with Crippen molar-refractivity contribution in [2.75, 3.05) is 13.2 Å². The van der Waals surface area contributed by atoms with Gasteiger partial charge in [0.2, 0.25) is 0 Å². The molecule has 0 fully saturated rings. The predicted octanol–water partition coefficient (Wildman–Crippen LogP) is 13.8. The molecule has 1 N–H and O–H groups in total. The van der Waals surface area contributed by atoms with E-state index in [2.05, 4.69) is 20.8 Å². The lowest BCUT2D eigenvalue weighted by Crippen LogP contribution is -2.28. The van der Waals surface area contributed by atoms with Gasteiger partial charge in [0.1, 0.15) is 6.61 Å². The summed E-state index contributed by atoms with van der Waals surface area (Å²) in [5, 5.41) is 9.58. The van der Waals surface area contributed by atoms with Crippen LogP contribution < -0.4 is 0 Å². The molecule has 0 aromatic heterocycles. The highest BCUT2D eigenvalue weighted by Crippen LogP contribution is 2.17. The van der Waals surface area contributed by atoms with Gasteiger partial charge in [-0.2, -0.15) is 0 Å². The Kier molecular flexibility index (Phi) is 38.8. The number of aliphatic hydroxyl groups is 1. The van der Waals surface area contributed by atoms with Crippen molar-refractivity contribution in [2.45, 2.75) is 252 Å². The van der Waals surface area contributed by atoms with E-state index in [9.17, 15) is 14.7 Å². The Bertz CT molecular complexity index is 678. The van der Waals surface area contributed by atoms with E-state index in [4.69, 9.17) is 9.47 Å². The lowest BCUT2D eigenvalue weighted by atomic mass is 10.0. The van der Waals surface area contributed by atoms with Crippen molar-refractivity contribution in [2.24, 2.45) is 5.92 Å². The molecule has 0 unspecified atom stereocenters. The molecule has 5 heteroatoms. The van der Waals surface area contributed by atoms with Crippen LogP contribution in [0.2, 0.25) is 0 Å². The zero-order chi connectivity index (χ0) is 35.9. The summed E-state index contributed by atoms with van der Waals surface area (Å²) >= 11 is 0. The SMILES string of the molecule is CCCCCCCCCCCCCCCCCCC(=O)O[C@@H](CO)COC(=O)CCCCCCCCCCCCCCCCCCC(C)C. The molecular weight excluding hydrogens is 608 g/mol. The van der Waals surface area contributed by atoms with Crippen molar-refractivity contribution >= 4 is 11.9 Å². The van der Waals surface area contributed by atoms with Crippen LogP contribution in [-0.2, 0) is 19.1 Å². The first-order chi connectivity index (χ1) is 24.0. The molecule has 0 bridgehead atoms. The third kappa shape index (κ3) is 39.5. The van der Waals surface area contributed by atoms with Crippen molar-refractivity contribution in [1.29, 1.82) is 0 Å². The van der Waals surface area contributed by atoms with Gasteiger partial charge in [0, 0.05) is 12.8 Å². The number of ether oxygens (including phenoxy) is 2. The fraction of sp³-hybridized carbons (Fsp3) is 0.955. The van der Waals surface area contributed by atoms with E-state index < -0.39 is 6.10 Å². The molecule has 0 radical (unpaired) electrons. The van der Waals surface area contributed by atoms with E-state index in [0.29, 0.717) is 12.8 Å². The summed E-state index contributed by atoms with van der Waals surface area (Å²) in [6.45, 7) is 6.54. The minimum Gasteiger partial charge on any atom is -0.462 e. The molecule has 292 valence electrons. The monoisotopic (exact) mass is 695 g/mol. The number of carbonyl (C=O) groups is 2. The van der Waals surface area contributed by atoms with Gasteiger partial charge in [-0.1, -0.05) is 220 Å². The molecule has 0 aliphatic rings. The molecule has 0 aliphatic carbocycles. The van der Waals surface area contributed by atoms with Gasteiger partial charge in [0.15, 0.2) is 6.10 Å². The third-order valence-corrected chi connectivity index (χ3v) is 10.1. The quantitative estimate of drug-likeness (QED) is 0.0510. The van der Waals surface area contributed by atoms with Gasteiger partial charge in [-0.05, 0) is 18.8 Å². The summed E-state index contributed by atoms with van der Waals surface area (Å²) in [6, 6.07) is 0. The fourth-order valence-electron chi connectivity index (χ4n) is 6.74. The smallest absolute Gasteiger partial charge is 0.306 e. The molecule has 0 aromatic rings. The number of rotatable bonds is 40. The van der Waals surface area contributed by atoms with Crippen LogP contribution in [0.25, 0.3) is 0 Å². The first-order valence-corrected chi connectivity index (χ1v) is 22.0. The third-order valence-electron chi connectivity index (χ3n) is 10.1. The highest BCUT2D eigenvalue weighted by Gasteiger charge is 2.16. The number of unbranched alkanes of at least 4 members (excludes halogenated alkanes) is 30. The van der Waals surface area contributed by atoms with E-state index in [1.54, 1.807) is 0 Å². The van der Waals surface area contributed by atoms with E-state index in [-0.39, 0.29) is 25.2 Å². The highest BCUT2D eigenvalue weighted by atomic mass is 16.6. The van der Waals surface area contributed by atoms with Crippen molar-refractivity contribution in [1.82, 2.24) is 0 Å². The second-order valence-electron chi connectivity index (χ2n) is 15.6. The normalized spacial score (nSPS) is 12.1. The van der Waals surface area contributed by atoms with Crippen LogP contribution in [-0.4, -0.2) is 36.4 Å². The van der Waals surface area contributed by atoms with Gasteiger partial charge < -0.3 is 14.6 Å². The van der Waals surface area contributed by atoms with E-state index in [0.717, 1.165) is 38.0 Å². The van der Waals surface area contributed by atoms with E-state index in [1.165, 1.54) is 180 Å². The fourth-order valence-corrected chi connectivity index (χ4v) is 6.74. The average molecular weight is 695 g/mol. The van der Waals surface area contributed by atoms with E-state index in [1.807, 2.05) is 0 Å². The number of hydrogen-bond donors (Lipinski definition) is 1. The van der Waals surface area contributed by atoms with Gasteiger partial charge >= 0.3 is 11.9 Å². The van der Waals surface area contributed by atoms with E-state index >= 15 is 0 Å². The summed E-state index contributed by atoms with van der Waals surface area (Å²) in [6.07, 6.45) is 43.1. The Morgan fingerprint density at radius 2 is 0.755 bits per heavy atom. The second-order valence-corrected chi connectivity index (χ2v) is 15.6. The molecule has 0 heterocycles. The van der Waals surface area contributed by atoms with Crippen molar-refractivity contribution < 1.29 is 24.2 Å². The summed E-state index contributed by atoms with van der Waals surface area (Å²) in [5.74, 6) is 0.287. The molecule has 0 spiro atoms. The zero-order valence-corrected chi connectivity index (χ0v) is 33.4. The van der Waals surface area contributed by atoms with Crippen LogP contribution >= 0.6 is 0 Å². The molecule has 0 rings (SSSR count). The summed E-state index contributed by atoms with van der Waals surface area (Å²) in [7, 11) is 0. The standard InChI is InChI=1S/C44H86O5/c1-4-5-6-7-8-9-10-11-12-16-20-23-26-29-32-35-38-44(47)49-42(39-45)40-48-43(46)37-34-31-28-25-22-19-17-14-13-15-18-21-24-27-30-33-36-41(2)3/h41-42,45H,4-40H2,1-3H3/t42-/m0/s1. The Hall–Kier alpha value is -1.10. The molecule has 5 nitrogen and oxygen atoms in total. The van der Waals surface area contributed by atoms with Crippen molar-refractivity contribution in [3.63, 3.8) is 0 Å². The number of hydrogen-bond acceptors (Lipinski definition) is 5. The summed E-state index contributed by atoms with van der Waals surface area (Å²) in [5.41, 5.74) is 0. The zero-order valence-electron chi connectivity index (χ0n) is 33.4. The molecule has 1 atom stereocenters. The highest BCUT2D eigenvalue weighted by molar-refractivity contribution is 5.70. The van der Waals surface area contributed by atoms with Crippen LogP contribution in [0.5, 0.6) is 0 Å². The average Bonchev–Trinajstić information content (AvgIpc) is 3.09. The van der Waals surface area contributed by atoms with Gasteiger partial charge in [-0.15, -0.1) is 0 Å². The lowest BCUT2D eigenvalue weighted by Gasteiger charge is -2.15. The van der Waals surface area contributed by atoms with Crippen molar-refractivity contribution in [3.05, 3.63) is 0 Å². The summed E-state index contributed by atoms with van der Waals surface area (Å²) < 4.78 is 10.6. The van der Waals surface area contributed by atoms with Crippen LogP contribution in [0.1, 0.15) is 245 Å². The molecule has 0 saturated carbocycles. The van der Waals surface area contributed by atoms with Gasteiger partial charge in [0.25, 0.3) is 0 Å². The minimum atomic E-state index is -0.762. The molecule has 0 aliphatic heterocycles. The topological polar surface area (TPSA) is 72.8 Å².